The predicted octanol–water partition coefficient (Wildman–Crippen LogP) is 1.63. The molecule has 0 heterocycles. The third-order valence-corrected chi connectivity index (χ3v) is 2.37. The van der Waals surface area contributed by atoms with Crippen molar-refractivity contribution in [2.24, 2.45) is 0 Å². The van der Waals surface area contributed by atoms with Gasteiger partial charge in [-0.3, -0.25) is 4.90 Å². The number of hydrogen-bond acceptors (Lipinski definition) is 3. The van der Waals surface area contributed by atoms with Gasteiger partial charge in [-0.15, -0.1) is 0 Å². The molecule has 0 aromatic carbocycles. The molecule has 0 aromatic rings. The molecule has 2 atom stereocenters. The molecule has 0 saturated heterocycles. The molecule has 3 heteroatoms. The van der Waals surface area contributed by atoms with Crippen molar-refractivity contribution in [2.45, 2.75) is 58.7 Å². The van der Waals surface area contributed by atoms with Gasteiger partial charge < -0.3 is 10.2 Å². The maximum Gasteiger partial charge on any atom is 0.0639 e. The average Bonchev–Trinajstić information content (AvgIpc) is 2.10. The standard InChI is InChI=1S/C12H27NO2/c1-4-5-6-7-8-13(9-11(2)14)10-12(3)15/h11-12,14-15H,4-10H2,1-3H3/t11-,12-/m0/s1. The van der Waals surface area contributed by atoms with E-state index in [1.54, 1.807) is 13.8 Å². The zero-order valence-corrected chi connectivity index (χ0v) is 10.4. The predicted molar refractivity (Wildman–Crippen MR) is 63.9 cm³/mol. The summed E-state index contributed by atoms with van der Waals surface area (Å²) >= 11 is 0. The summed E-state index contributed by atoms with van der Waals surface area (Å²) in [7, 11) is 0. The van der Waals surface area contributed by atoms with Crippen LogP contribution in [0.4, 0.5) is 0 Å². The first-order valence-corrected chi connectivity index (χ1v) is 6.14. The Bertz CT molecular complexity index is 128. The highest BCUT2D eigenvalue weighted by Gasteiger charge is 2.10. The summed E-state index contributed by atoms with van der Waals surface area (Å²) in [5, 5.41) is 18.6. The SMILES string of the molecule is CCCCCCN(C[C@H](C)O)C[C@H](C)O. The Balaban J connectivity index is 3.69. The van der Waals surface area contributed by atoms with E-state index in [0.29, 0.717) is 13.1 Å². The minimum Gasteiger partial charge on any atom is -0.392 e. The molecule has 0 aromatic heterocycles. The number of unbranched alkanes of at least 4 members (excludes halogenated alkanes) is 3. The van der Waals surface area contributed by atoms with E-state index in [1.807, 2.05) is 0 Å². The van der Waals surface area contributed by atoms with Crippen LogP contribution in [-0.2, 0) is 0 Å². The van der Waals surface area contributed by atoms with Crippen LogP contribution >= 0.6 is 0 Å². The van der Waals surface area contributed by atoms with E-state index in [0.717, 1.165) is 13.0 Å². The molecule has 0 aliphatic heterocycles. The Labute approximate surface area is 94.1 Å². The number of nitrogens with zero attached hydrogens (tertiary/aromatic N) is 1. The monoisotopic (exact) mass is 217 g/mol. The van der Waals surface area contributed by atoms with E-state index in [4.69, 9.17) is 0 Å². The van der Waals surface area contributed by atoms with Crippen molar-refractivity contribution < 1.29 is 10.2 Å². The van der Waals surface area contributed by atoms with Crippen molar-refractivity contribution in [1.82, 2.24) is 4.90 Å². The van der Waals surface area contributed by atoms with Crippen molar-refractivity contribution in [3.8, 4) is 0 Å². The van der Waals surface area contributed by atoms with Crippen LogP contribution in [0.15, 0.2) is 0 Å². The third-order valence-electron chi connectivity index (χ3n) is 2.37. The van der Waals surface area contributed by atoms with Crippen LogP contribution in [0.1, 0.15) is 46.5 Å². The number of aliphatic hydroxyl groups is 2. The van der Waals surface area contributed by atoms with E-state index in [9.17, 15) is 10.2 Å². The number of aliphatic hydroxyl groups excluding tert-OH is 2. The van der Waals surface area contributed by atoms with E-state index in [2.05, 4.69) is 11.8 Å². The minimum atomic E-state index is -0.310. The maximum atomic E-state index is 9.32. The molecule has 0 aliphatic carbocycles. The van der Waals surface area contributed by atoms with Crippen molar-refractivity contribution in [3.63, 3.8) is 0 Å². The Morgan fingerprint density at radius 1 is 0.933 bits per heavy atom. The zero-order chi connectivity index (χ0) is 11.7. The molecule has 92 valence electrons. The summed E-state index contributed by atoms with van der Waals surface area (Å²) in [6, 6.07) is 0. The molecule has 0 bridgehead atoms. The fourth-order valence-electron chi connectivity index (χ4n) is 1.77. The van der Waals surface area contributed by atoms with Crippen LogP contribution in [0.5, 0.6) is 0 Å². The molecular formula is C12H27NO2. The fourth-order valence-corrected chi connectivity index (χ4v) is 1.77. The van der Waals surface area contributed by atoms with Gasteiger partial charge in [-0.1, -0.05) is 26.2 Å². The van der Waals surface area contributed by atoms with Crippen LogP contribution in [0.2, 0.25) is 0 Å². The highest BCUT2D eigenvalue weighted by atomic mass is 16.3. The van der Waals surface area contributed by atoms with Gasteiger partial charge in [0.2, 0.25) is 0 Å². The minimum absolute atomic E-state index is 0.310. The quantitative estimate of drug-likeness (QED) is 0.577. The van der Waals surface area contributed by atoms with Gasteiger partial charge in [0.25, 0.3) is 0 Å². The smallest absolute Gasteiger partial charge is 0.0639 e. The first kappa shape index (κ1) is 14.9. The average molecular weight is 217 g/mol. The van der Waals surface area contributed by atoms with Crippen LogP contribution in [0.3, 0.4) is 0 Å². The number of rotatable bonds is 9. The Morgan fingerprint density at radius 3 is 1.87 bits per heavy atom. The molecule has 3 nitrogen and oxygen atoms in total. The molecule has 0 aliphatic rings. The maximum absolute atomic E-state index is 9.32. The first-order valence-electron chi connectivity index (χ1n) is 6.14. The highest BCUT2D eigenvalue weighted by Crippen LogP contribution is 2.03. The summed E-state index contributed by atoms with van der Waals surface area (Å²) in [5.41, 5.74) is 0. The molecule has 2 N–H and O–H groups in total. The molecule has 0 saturated carbocycles. The molecule has 0 spiro atoms. The van der Waals surface area contributed by atoms with Gasteiger partial charge in [0.15, 0.2) is 0 Å². The van der Waals surface area contributed by atoms with Gasteiger partial charge in [0.05, 0.1) is 12.2 Å². The molecule has 0 amide bonds. The molecule has 0 rings (SSSR count). The lowest BCUT2D eigenvalue weighted by Gasteiger charge is -2.24. The Kier molecular flexibility index (Phi) is 9.06. The second-order valence-electron chi connectivity index (χ2n) is 4.52. The van der Waals surface area contributed by atoms with Crippen LogP contribution in [-0.4, -0.2) is 47.0 Å². The van der Waals surface area contributed by atoms with Gasteiger partial charge in [0, 0.05) is 13.1 Å². The summed E-state index contributed by atoms with van der Waals surface area (Å²) in [6.45, 7) is 8.09. The van der Waals surface area contributed by atoms with Crippen molar-refractivity contribution in [2.75, 3.05) is 19.6 Å². The number of hydrogen-bond donors (Lipinski definition) is 2. The largest absolute Gasteiger partial charge is 0.392 e. The van der Waals surface area contributed by atoms with Crippen LogP contribution in [0, 0.1) is 0 Å². The Hall–Kier alpha value is -0.120. The van der Waals surface area contributed by atoms with Gasteiger partial charge in [0.1, 0.15) is 0 Å². The second-order valence-corrected chi connectivity index (χ2v) is 4.52. The summed E-state index contributed by atoms with van der Waals surface area (Å²) in [4.78, 5) is 2.14. The summed E-state index contributed by atoms with van der Waals surface area (Å²) < 4.78 is 0. The van der Waals surface area contributed by atoms with Crippen LogP contribution < -0.4 is 0 Å². The van der Waals surface area contributed by atoms with Crippen molar-refractivity contribution >= 4 is 0 Å². The van der Waals surface area contributed by atoms with Gasteiger partial charge >= 0.3 is 0 Å². The van der Waals surface area contributed by atoms with E-state index >= 15 is 0 Å². The summed E-state index contributed by atoms with van der Waals surface area (Å²) in [6.07, 6.45) is 4.30. The van der Waals surface area contributed by atoms with E-state index < -0.39 is 0 Å². The zero-order valence-electron chi connectivity index (χ0n) is 10.4. The Morgan fingerprint density at radius 2 is 1.47 bits per heavy atom. The lowest BCUT2D eigenvalue weighted by atomic mass is 10.2. The molecule has 0 radical (unpaired) electrons. The van der Waals surface area contributed by atoms with E-state index in [-0.39, 0.29) is 12.2 Å². The van der Waals surface area contributed by atoms with Crippen LogP contribution in [0.25, 0.3) is 0 Å². The van der Waals surface area contributed by atoms with Gasteiger partial charge in [-0.05, 0) is 26.8 Å². The normalized spacial score (nSPS) is 15.6. The molecule has 0 unspecified atom stereocenters. The van der Waals surface area contributed by atoms with Crippen molar-refractivity contribution in [1.29, 1.82) is 0 Å². The topological polar surface area (TPSA) is 43.7 Å². The summed E-state index contributed by atoms with van der Waals surface area (Å²) in [5.74, 6) is 0. The molecule has 0 fully saturated rings. The fraction of sp³-hybridized carbons (Fsp3) is 1.00. The van der Waals surface area contributed by atoms with Gasteiger partial charge in [-0.2, -0.15) is 0 Å². The second kappa shape index (κ2) is 9.13. The van der Waals surface area contributed by atoms with E-state index in [1.165, 1.54) is 19.3 Å². The highest BCUT2D eigenvalue weighted by molar-refractivity contribution is 4.64. The lowest BCUT2D eigenvalue weighted by Crippen LogP contribution is -2.36. The first-order chi connectivity index (χ1) is 7.06. The van der Waals surface area contributed by atoms with Crippen molar-refractivity contribution in [3.05, 3.63) is 0 Å². The lowest BCUT2D eigenvalue weighted by molar-refractivity contribution is 0.0825. The molecule has 15 heavy (non-hydrogen) atoms. The van der Waals surface area contributed by atoms with Gasteiger partial charge in [-0.25, -0.2) is 0 Å². The molecular weight excluding hydrogens is 190 g/mol. The third kappa shape index (κ3) is 10.2.